The van der Waals surface area contributed by atoms with Gasteiger partial charge in [-0.3, -0.25) is 0 Å². The van der Waals surface area contributed by atoms with Crippen LogP contribution in [0.3, 0.4) is 0 Å². The summed E-state index contributed by atoms with van der Waals surface area (Å²) in [6, 6.07) is 0. The molecule has 0 heterocycles. The van der Waals surface area contributed by atoms with Crippen molar-refractivity contribution in [2.45, 2.75) is 22.6 Å². The highest BCUT2D eigenvalue weighted by Crippen LogP contribution is 2.19. The Morgan fingerprint density at radius 1 is 0.818 bits per heavy atom. The number of halogens is 5. The molecule has 0 nitrogen and oxygen atoms in total. The van der Waals surface area contributed by atoms with Crippen molar-refractivity contribution in [2.24, 2.45) is 0 Å². The van der Waals surface area contributed by atoms with Gasteiger partial charge in [0.1, 0.15) is 0 Å². The summed E-state index contributed by atoms with van der Waals surface area (Å²) in [4.78, 5) is 0. The molecule has 3 unspecified atom stereocenters. The second kappa shape index (κ2) is 6.91. The Balaban J connectivity index is 3.58. The van der Waals surface area contributed by atoms with E-state index in [9.17, 15) is 0 Å². The lowest BCUT2D eigenvalue weighted by molar-refractivity contribution is 0.728. The van der Waals surface area contributed by atoms with Crippen LogP contribution in [-0.4, -0.2) is 27.9 Å². The van der Waals surface area contributed by atoms with Crippen molar-refractivity contribution in [3.63, 3.8) is 0 Å². The molecule has 0 aromatic rings. The monoisotopic (exact) mass is 256 g/mol. The highest BCUT2D eigenvalue weighted by molar-refractivity contribution is 6.34. The zero-order valence-corrected chi connectivity index (χ0v) is 9.52. The predicted octanol–water partition coefficient (Wildman–Crippen LogP) is 3.68. The van der Waals surface area contributed by atoms with E-state index in [1.807, 2.05) is 0 Å². The molecule has 3 atom stereocenters. The van der Waals surface area contributed by atoms with Gasteiger partial charge in [0.15, 0.2) is 0 Å². The molecule has 0 saturated heterocycles. The average molecular weight is 258 g/mol. The predicted molar refractivity (Wildman–Crippen MR) is 55.0 cm³/mol. The van der Waals surface area contributed by atoms with E-state index in [0.29, 0.717) is 18.2 Å². The quantitative estimate of drug-likeness (QED) is 0.660. The van der Waals surface area contributed by atoms with Crippen LogP contribution in [0.2, 0.25) is 0 Å². The van der Waals surface area contributed by atoms with Gasteiger partial charge in [-0.05, 0) is 6.42 Å². The first-order valence-corrected chi connectivity index (χ1v) is 5.53. The Labute approximate surface area is 92.1 Å². The Kier molecular flexibility index (Phi) is 7.82. The van der Waals surface area contributed by atoms with Crippen LogP contribution in [0.1, 0.15) is 6.42 Å². The molecule has 0 aliphatic heterocycles. The van der Waals surface area contributed by atoms with Gasteiger partial charge in [-0.15, -0.1) is 58.0 Å². The zero-order chi connectivity index (χ0) is 8.85. The largest absolute Gasteiger partial charge is 0.125 e. The van der Waals surface area contributed by atoms with Crippen molar-refractivity contribution in [1.82, 2.24) is 0 Å². The van der Waals surface area contributed by atoms with E-state index in [-0.39, 0.29) is 16.1 Å². The minimum atomic E-state index is -0.234. The molecule has 0 N–H and O–H groups in total. The third kappa shape index (κ3) is 5.65. The second-order valence-corrected chi connectivity index (χ2v) is 4.53. The molecule has 68 valence electrons. The lowest BCUT2D eigenvalue weighted by Crippen LogP contribution is -2.21. The summed E-state index contributed by atoms with van der Waals surface area (Å²) in [7, 11) is 0. The molecule has 0 radical (unpaired) electrons. The molecule has 0 rings (SSSR count). The van der Waals surface area contributed by atoms with Gasteiger partial charge in [0.25, 0.3) is 0 Å². The summed E-state index contributed by atoms with van der Waals surface area (Å²) in [6.45, 7) is 0. The van der Waals surface area contributed by atoms with Crippen LogP contribution >= 0.6 is 58.0 Å². The summed E-state index contributed by atoms with van der Waals surface area (Å²) in [6.07, 6.45) is 0.591. The van der Waals surface area contributed by atoms with Crippen LogP contribution in [-0.2, 0) is 0 Å². The van der Waals surface area contributed by atoms with E-state index in [0.717, 1.165) is 0 Å². The molecule has 0 aliphatic rings. The van der Waals surface area contributed by atoms with Crippen LogP contribution in [0.4, 0.5) is 0 Å². The molecule has 5 heteroatoms. The molecule has 0 spiro atoms. The molecule has 0 aromatic carbocycles. The second-order valence-electron chi connectivity index (χ2n) is 2.17. The van der Waals surface area contributed by atoms with E-state index in [1.54, 1.807) is 0 Å². The van der Waals surface area contributed by atoms with Crippen molar-refractivity contribution >= 4 is 58.0 Å². The Hall–Kier alpha value is 1.45. The molecule has 0 saturated carbocycles. The zero-order valence-electron chi connectivity index (χ0n) is 5.74. The van der Waals surface area contributed by atoms with Crippen LogP contribution in [0.15, 0.2) is 0 Å². The third-order valence-electron chi connectivity index (χ3n) is 1.19. The number of hydrogen-bond donors (Lipinski definition) is 0. The smallest absolute Gasteiger partial charge is 0.0635 e. The van der Waals surface area contributed by atoms with Gasteiger partial charge in [0.2, 0.25) is 0 Å². The number of alkyl halides is 5. The lowest BCUT2D eigenvalue weighted by Gasteiger charge is -2.14. The van der Waals surface area contributed by atoms with Crippen LogP contribution in [0, 0.1) is 0 Å². The fourth-order valence-corrected chi connectivity index (χ4v) is 1.67. The first-order chi connectivity index (χ1) is 5.11. The summed E-state index contributed by atoms with van der Waals surface area (Å²) in [5.41, 5.74) is 0. The maximum absolute atomic E-state index is 5.85. The molecule has 0 bridgehead atoms. The lowest BCUT2D eigenvalue weighted by atomic mass is 10.2. The maximum atomic E-state index is 5.85. The van der Waals surface area contributed by atoms with E-state index in [2.05, 4.69) is 0 Å². The van der Waals surface area contributed by atoms with E-state index >= 15 is 0 Å². The van der Waals surface area contributed by atoms with Gasteiger partial charge >= 0.3 is 0 Å². The van der Waals surface area contributed by atoms with Crippen LogP contribution in [0.25, 0.3) is 0 Å². The third-order valence-corrected chi connectivity index (χ3v) is 3.61. The summed E-state index contributed by atoms with van der Waals surface area (Å²) in [5.74, 6) is 0.721. The SMILES string of the molecule is ClCC(Cl)CC(Cl)C(Cl)CCl. The molecule has 0 amide bonds. The molecule has 11 heavy (non-hydrogen) atoms. The molecule has 0 aliphatic carbocycles. The highest BCUT2D eigenvalue weighted by atomic mass is 35.5. The summed E-state index contributed by atoms with van der Waals surface area (Å²) in [5, 5.41) is -0.554. The van der Waals surface area contributed by atoms with Crippen molar-refractivity contribution in [3.8, 4) is 0 Å². The van der Waals surface area contributed by atoms with Gasteiger partial charge < -0.3 is 0 Å². The normalized spacial score (nSPS) is 19.4. The van der Waals surface area contributed by atoms with Crippen molar-refractivity contribution in [1.29, 1.82) is 0 Å². The first-order valence-electron chi connectivity index (χ1n) is 3.16. The molecular formula is C6H9Cl5. The van der Waals surface area contributed by atoms with Crippen LogP contribution in [0.5, 0.6) is 0 Å². The van der Waals surface area contributed by atoms with Gasteiger partial charge in [-0.2, -0.15) is 0 Å². The standard InChI is InChI=1S/C6H9Cl5/c7-2-4(9)1-5(10)6(11)3-8/h4-6H,1-3H2. The summed E-state index contributed by atoms with van der Waals surface area (Å²) < 4.78 is 0. The molecule has 0 aromatic heterocycles. The van der Waals surface area contributed by atoms with Crippen LogP contribution < -0.4 is 0 Å². The van der Waals surface area contributed by atoms with E-state index in [1.165, 1.54) is 0 Å². The summed E-state index contributed by atoms with van der Waals surface area (Å²) >= 11 is 28.3. The van der Waals surface area contributed by atoms with E-state index in [4.69, 9.17) is 58.0 Å². The Bertz CT molecular complexity index is 97.0. The van der Waals surface area contributed by atoms with Crippen molar-refractivity contribution in [3.05, 3.63) is 0 Å². The van der Waals surface area contributed by atoms with Gasteiger partial charge in [0, 0.05) is 17.1 Å². The van der Waals surface area contributed by atoms with Crippen molar-refractivity contribution in [2.75, 3.05) is 11.8 Å². The van der Waals surface area contributed by atoms with Crippen molar-refractivity contribution < 1.29 is 0 Å². The molecule has 0 fully saturated rings. The number of hydrogen-bond acceptors (Lipinski definition) is 0. The Morgan fingerprint density at radius 3 is 1.73 bits per heavy atom. The molecular weight excluding hydrogens is 249 g/mol. The van der Waals surface area contributed by atoms with E-state index < -0.39 is 0 Å². The van der Waals surface area contributed by atoms with Gasteiger partial charge in [-0.25, -0.2) is 0 Å². The average Bonchev–Trinajstić information content (AvgIpc) is 2.02. The highest BCUT2D eigenvalue weighted by Gasteiger charge is 2.18. The minimum absolute atomic E-state index is 0.122. The van der Waals surface area contributed by atoms with Gasteiger partial charge in [-0.1, -0.05) is 0 Å². The number of rotatable bonds is 5. The van der Waals surface area contributed by atoms with Gasteiger partial charge in [0.05, 0.1) is 10.8 Å². The Morgan fingerprint density at radius 2 is 1.36 bits per heavy atom. The maximum Gasteiger partial charge on any atom is 0.0635 e. The first kappa shape index (κ1) is 12.4. The fraction of sp³-hybridized carbons (Fsp3) is 1.00. The fourth-order valence-electron chi connectivity index (χ4n) is 0.552. The topological polar surface area (TPSA) is 0 Å². The minimum Gasteiger partial charge on any atom is -0.125 e.